The first-order valence-electron chi connectivity index (χ1n) is 5.88. The summed E-state index contributed by atoms with van der Waals surface area (Å²) in [6, 6.07) is 4.52. The number of nitrogens with one attached hydrogen (secondary N) is 1. The summed E-state index contributed by atoms with van der Waals surface area (Å²) in [6.07, 6.45) is 0. The van der Waals surface area contributed by atoms with Crippen LogP contribution in [0.3, 0.4) is 0 Å². The Kier molecular flexibility index (Phi) is 5.14. The number of benzene rings is 1. The van der Waals surface area contributed by atoms with Crippen LogP contribution in [0.4, 0.5) is 0 Å². The molecule has 0 bridgehead atoms. The van der Waals surface area contributed by atoms with E-state index in [2.05, 4.69) is 16.6 Å². The Labute approximate surface area is 116 Å². The van der Waals surface area contributed by atoms with Gasteiger partial charge in [0.1, 0.15) is 17.7 Å². The fraction of sp³-hybridized carbons (Fsp3) is 0.286. The second kappa shape index (κ2) is 6.60. The van der Waals surface area contributed by atoms with Crippen LogP contribution in [-0.4, -0.2) is 35.3 Å². The minimum Gasteiger partial charge on any atom is -0.508 e. The molecule has 2 unspecified atom stereocenters. The highest BCUT2D eigenvalue weighted by molar-refractivity contribution is 5.88. The molecule has 0 aliphatic carbocycles. The number of methoxy groups -OCH3 is 1. The minimum absolute atomic E-state index is 0.0142. The first-order chi connectivity index (χ1) is 9.36. The van der Waals surface area contributed by atoms with Crippen molar-refractivity contribution < 1.29 is 24.5 Å². The molecule has 0 aliphatic heterocycles. The van der Waals surface area contributed by atoms with Gasteiger partial charge in [-0.15, -0.1) is 0 Å². The summed E-state index contributed by atoms with van der Waals surface area (Å²) in [7, 11) is 1.19. The topological polar surface area (TPSA) is 95.9 Å². The van der Waals surface area contributed by atoms with Crippen molar-refractivity contribution >= 4 is 11.9 Å². The lowest BCUT2D eigenvalue weighted by atomic mass is 9.91. The highest BCUT2D eigenvalue weighted by Crippen LogP contribution is 2.24. The Hall–Kier alpha value is -2.50. The molecule has 3 N–H and O–H groups in total. The summed E-state index contributed by atoms with van der Waals surface area (Å²) in [5.41, 5.74) is 0.824. The summed E-state index contributed by atoms with van der Waals surface area (Å²) in [6.45, 7) is 5.23. The fourth-order valence-corrected chi connectivity index (χ4v) is 1.83. The molecule has 0 saturated heterocycles. The van der Waals surface area contributed by atoms with Crippen LogP contribution in [0.25, 0.3) is 0 Å². The highest BCUT2D eigenvalue weighted by Gasteiger charge is 2.35. The molecule has 6 nitrogen and oxygen atoms in total. The third-order valence-electron chi connectivity index (χ3n) is 2.71. The molecule has 0 saturated carbocycles. The van der Waals surface area contributed by atoms with Crippen molar-refractivity contribution in [3.05, 3.63) is 42.1 Å². The van der Waals surface area contributed by atoms with Gasteiger partial charge in [-0.25, -0.2) is 4.79 Å². The van der Waals surface area contributed by atoms with E-state index in [4.69, 9.17) is 0 Å². The Morgan fingerprint density at radius 3 is 2.25 bits per heavy atom. The maximum Gasteiger partial charge on any atom is 0.329 e. The number of esters is 1. The summed E-state index contributed by atoms with van der Waals surface area (Å²) in [4.78, 5) is 23.3. The fourth-order valence-electron chi connectivity index (χ4n) is 1.83. The van der Waals surface area contributed by atoms with Crippen LogP contribution < -0.4 is 5.32 Å². The number of phenols is 1. The molecule has 0 spiro atoms. The molecule has 2 atom stereocenters. The van der Waals surface area contributed by atoms with Crippen LogP contribution in [0.2, 0.25) is 0 Å². The maximum absolute atomic E-state index is 11.8. The Balaban J connectivity index is 3.20. The number of allylic oxidation sites excluding steroid dienone is 1. The summed E-state index contributed by atoms with van der Waals surface area (Å²) >= 11 is 0. The zero-order valence-electron chi connectivity index (χ0n) is 11.3. The summed E-state index contributed by atoms with van der Waals surface area (Å²) in [5, 5.41) is 21.3. The molecule has 1 aromatic carbocycles. The molecule has 0 fully saturated rings. The zero-order valence-corrected chi connectivity index (χ0v) is 11.3. The van der Waals surface area contributed by atoms with Crippen molar-refractivity contribution in [2.24, 2.45) is 0 Å². The van der Waals surface area contributed by atoms with Crippen molar-refractivity contribution in [2.75, 3.05) is 7.11 Å². The van der Waals surface area contributed by atoms with Gasteiger partial charge in [0.25, 0.3) is 0 Å². The number of aliphatic carboxylic acids is 1. The van der Waals surface area contributed by atoms with Crippen LogP contribution in [-0.2, 0) is 14.3 Å². The lowest BCUT2D eigenvalue weighted by molar-refractivity contribution is -0.149. The molecular weight excluding hydrogens is 262 g/mol. The van der Waals surface area contributed by atoms with E-state index in [-0.39, 0.29) is 5.75 Å². The van der Waals surface area contributed by atoms with E-state index < -0.39 is 23.9 Å². The number of hydrogen-bond donors (Lipinski definition) is 3. The Bertz CT molecular complexity index is 509. The zero-order chi connectivity index (χ0) is 15.3. The first-order valence-corrected chi connectivity index (χ1v) is 5.88. The molecule has 0 amide bonds. The van der Waals surface area contributed by atoms with Crippen molar-refractivity contribution in [1.82, 2.24) is 5.32 Å². The van der Waals surface area contributed by atoms with E-state index in [1.54, 1.807) is 6.92 Å². The van der Waals surface area contributed by atoms with Gasteiger partial charge in [-0.1, -0.05) is 18.7 Å². The molecule has 20 heavy (non-hydrogen) atoms. The lowest BCUT2D eigenvalue weighted by Crippen LogP contribution is -2.44. The van der Waals surface area contributed by atoms with Gasteiger partial charge in [-0.2, -0.15) is 0 Å². The molecule has 0 aliphatic rings. The summed E-state index contributed by atoms with van der Waals surface area (Å²) in [5.74, 6) is -3.02. The maximum atomic E-state index is 11.8. The predicted octanol–water partition coefficient (Wildman–Crippen LogP) is 1.23. The van der Waals surface area contributed by atoms with Crippen molar-refractivity contribution in [2.45, 2.75) is 18.9 Å². The predicted molar refractivity (Wildman–Crippen MR) is 72.2 cm³/mol. The van der Waals surface area contributed by atoms with E-state index in [1.807, 2.05) is 0 Å². The standard InChI is InChI=1S/C14H17NO5/c1-8(2)15-12(14(19)20-3)11(13(17)18)9-4-6-10(16)7-5-9/h4-7,11-12,15-16H,1H2,2-3H3,(H,17,18). The molecule has 6 heteroatoms. The number of carboxylic acid groups (broad SMARTS) is 1. The van der Waals surface area contributed by atoms with Crippen molar-refractivity contribution in [1.29, 1.82) is 0 Å². The van der Waals surface area contributed by atoms with E-state index in [0.29, 0.717) is 11.3 Å². The van der Waals surface area contributed by atoms with Gasteiger partial charge in [0, 0.05) is 5.70 Å². The summed E-state index contributed by atoms with van der Waals surface area (Å²) < 4.78 is 4.63. The Morgan fingerprint density at radius 2 is 1.85 bits per heavy atom. The van der Waals surface area contributed by atoms with Gasteiger partial charge in [0.2, 0.25) is 0 Å². The average Bonchev–Trinajstić information content (AvgIpc) is 2.38. The monoisotopic (exact) mass is 279 g/mol. The van der Waals surface area contributed by atoms with Gasteiger partial charge in [0.15, 0.2) is 0 Å². The third-order valence-corrected chi connectivity index (χ3v) is 2.71. The number of carboxylic acids is 1. The molecule has 1 rings (SSSR count). The normalized spacial score (nSPS) is 13.1. The second-order valence-electron chi connectivity index (χ2n) is 4.33. The van der Waals surface area contributed by atoms with Gasteiger partial charge in [-0.05, 0) is 24.6 Å². The van der Waals surface area contributed by atoms with Gasteiger partial charge in [0.05, 0.1) is 7.11 Å². The van der Waals surface area contributed by atoms with Crippen molar-refractivity contribution in [3.8, 4) is 5.75 Å². The van der Waals surface area contributed by atoms with Crippen LogP contribution in [0.15, 0.2) is 36.5 Å². The third kappa shape index (κ3) is 3.74. The van der Waals surface area contributed by atoms with Crippen LogP contribution >= 0.6 is 0 Å². The van der Waals surface area contributed by atoms with Gasteiger partial charge >= 0.3 is 11.9 Å². The molecule has 0 radical (unpaired) electrons. The molecular formula is C14H17NO5. The quantitative estimate of drug-likeness (QED) is 0.678. The smallest absolute Gasteiger partial charge is 0.329 e. The number of carbonyl (C=O) groups excluding carboxylic acids is 1. The molecule has 1 aromatic rings. The van der Waals surface area contributed by atoms with E-state index in [9.17, 15) is 19.8 Å². The number of rotatable bonds is 6. The SMILES string of the molecule is C=C(C)NC(C(=O)OC)C(C(=O)O)c1ccc(O)cc1. The van der Waals surface area contributed by atoms with Crippen LogP contribution in [0, 0.1) is 0 Å². The number of hydrogen-bond acceptors (Lipinski definition) is 5. The molecule has 0 aromatic heterocycles. The average molecular weight is 279 g/mol. The van der Waals surface area contributed by atoms with Gasteiger partial charge < -0.3 is 20.3 Å². The van der Waals surface area contributed by atoms with Gasteiger partial charge in [-0.3, -0.25) is 4.79 Å². The molecule has 108 valence electrons. The number of carbonyl (C=O) groups is 2. The van der Waals surface area contributed by atoms with Crippen LogP contribution in [0.1, 0.15) is 18.4 Å². The first kappa shape index (κ1) is 15.6. The Morgan fingerprint density at radius 1 is 1.30 bits per heavy atom. The molecule has 0 heterocycles. The van der Waals surface area contributed by atoms with E-state index in [0.717, 1.165) is 0 Å². The largest absolute Gasteiger partial charge is 0.508 e. The van der Waals surface area contributed by atoms with E-state index in [1.165, 1.54) is 31.4 Å². The minimum atomic E-state index is -1.18. The highest BCUT2D eigenvalue weighted by atomic mass is 16.5. The number of aromatic hydroxyl groups is 1. The van der Waals surface area contributed by atoms with Crippen LogP contribution in [0.5, 0.6) is 5.75 Å². The van der Waals surface area contributed by atoms with Crippen molar-refractivity contribution in [3.63, 3.8) is 0 Å². The second-order valence-corrected chi connectivity index (χ2v) is 4.33. The van der Waals surface area contributed by atoms with E-state index >= 15 is 0 Å². The lowest BCUT2D eigenvalue weighted by Gasteiger charge is -2.24. The number of phenolic OH excluding ortho intramolecular Hbond substituents is 1. The number of ether oxygens (including phenoxy) is 1.